The molecule has 1 aromatic heterocycles. The lowest BCUT2D eigenvalue weighted by Gasteiger charge is -2.01. The third-order valence-corrected chi connectivity index (χ3v) is 1.86. The normalized spacial score (nSPS) is 10.7. The summed E-state index contributed by atoms with van der Waals surface area (Å²) >= 11 is 0. The molecule has 0 radical (unpaired) electrons. The van der Waals surface area contributed by atoms with Crippen molar-refractivity contribution in [3.05, 3.63) is 35.8 Å². The van der Waals surface area contributed by atoms with E-state index in [1.807, 2.05) is 0 Å². The molecule has 2 rings (SSSR count). The van der Waals surface area contributed by atoms with Crippen molar-refractivity contribution in [2.75, 3.05) is 0 Å². The molecule has 1 heterocycles. The first-order valence-corrected chi connectivity index (χ1v) is 3.74. The Bertz CT molecular complexity index is 468. The molecule has 0 aliphatic carbocycles. The zero-order valence-corrected chi connectivity index (χ0v) is 6.88. The van der Waals surface area contributed by atoms with E-state index in [1.54, 1.807) is 0 Å². The molecule has 0 aliphatic heterocycles. The maximum atomic E-state index is 13.3. The third-order valence-electron chi connectivity index (χ3n) is 1.86. The highest BCUT2D eigenvalue weighted by molar-refractivity contribution is 5.79. The number of hydrogen-bond acceptors (Lipinski definition) is 2. The quantitative estimate of drug-likeness (QED) is 0.621. The first-order chi connectivity index (χ1) is 6.20. The molecule has 4 heteroatoms. The summed E-state index contributed by atoms with van der Waals surface area (Å²) < 4.78 is 26.5. The zero-order valence-electron chi connectivity index (χ0n) is 6.88. The van der Waals surface area contributed by atoms with Crippen LogP contribution in [-0.4, -0.2) is 9.97 Å². The predicted octanol–water partition coefficient (Wildman–Crippen LogP) is 2.22. The molecule has 0 unspecified atom stereocenters. The van der Waals surface area contributed by atoms with Gasteiger partial charge in [0.15, 0.2) is 0 Å². The highest BCUT2D eigenvalue weighted by atomic mass is 19.1. The van der Waals surface area contributed by atoms with Crippen LogP contribution in [0.25, 0.3) is 10.9 Å². The standard InChI is InChI=1S/C9H6F2N2/c1-5-2-7(10)9-6(8(5)11)3-12-4-13-9/h2-4H,1H3. The summed E-state index contributed by atoms with van der Waals surface area (Å²) in [6, 6.07) is 1.13. The van der Waals surface area contributed by atoms with Crippen LogP contribution in [0.15, 0.2) is 18.6 Å². The van der Waals surface area contributed by atoms with Gasteiger partial charge in [0.2, 0.25) is 0 Å². The van der Waals surface area contributed by atoms with Gasteiger partial charge < -0.3 is 0 Å². The molecular formula is C9H6F2N2. The molecule has 0 spiro atoms. The van der Waals surface area contributed by atoms with Gasteiger partial charge in [0, 0.05) is 6.20 Å². The van der Waals surface area contributed by atoms with Crippen molar-refractivity contribution in [2.24, 2.45) is 0 Å². The second kappa shape index (κ2) is 2.73. The summed E-state index contributed by atoms with van der Waals surface area (Å²) in [5.41, 5.74) is 0.290. The van der Waals surface area contributed by atoms with Crippen molar-refractivity contribution in [3.8, 4) is 0 Å². The number of rotatable bonds is 0. The van der Waals surface area contributed by atoms with Crippen LogP contribution in [0.4, 0.5) is 8.78 Å². The molecule has 66 valence electrons. The van der Waals surface area contributed by atoms with Gasteiger partial charge in [-0.1, -0.05) is 0 Å². The van der Waals surface area contributed by atoms with Crippen LogP contribution in [0, 0.1) is 18.6 Å². The second-order valence-electron chi connectivity index (χ2n) is 2.77. The molecule has 0 N–H and O–H groups in total. The van der Waals surface area contributed by atoms with E-state index >= 15 is 0 Å². The molecule has 0 aliphatic rings. The van der Waals surface area contributed by atoms with E-state index in [-0.39, 0.29) is 16.5 Å². The van der Waals surface area contributed by atoms with Crippen LogP contribution in [0.5, 0.6) is 0 Å². The molecule has 2 aromatic rings. The number of hydrogen-bond donors (Lipinski definition) is 0. The molecule has 13 heavy (non-hydrogen) atoms. The van der Waals surface area contributed by atoms with Crippen molar-refractivity contribution < 1.29 is 8.78 Å². The van der Waals surface area contributed by atoms with Gasteiger partial charge in [-0.15, -0.1) is 0 Å². The lowest BCUT2D eigenvalue weighted by Crippen LogP contribution is -1.92. The Balaban J connectivity index is 2.97. The van der Waals surface area contributed by atoms with Crippen LogP contribution in [0.1, 0.15) is 5.56 Å². The zero-order chi connectivity index (χ0) is 9.42. The van der Waals surface area contributed by atoms with Crippen molar-refractivity contribution in [1.82, 2.24) is 9.97 Å². The predicted molar refractivity (Wildman–Crippen MR) is 44.2 cm³/mol. The van der Waals surface area contributed by atoms with Gasteiger partial charge in [-0.25, -0.2) is 18.7 Å². The van der Waals surface area contributed by atoms with Crippen molar-refractivity contribution in [3.63, 3.8) is 0 Å². The van der Waals surface area contributed by atoms with Crippen LogP contribution in [0.3, 0.4) is 0 Å². The fraction of sp³-hybridized carbons (Fsp3) is 0.111. The van der Waals surface area contributed by atoms with Gasteiger partial charge in [0.25, 0.3) is 0 Å². The average molecular weight is 180 g/mol. The maximum Gasteiger partial charge on any atom is 0.150 e. The van der Waals surface area contributed by atoms with Gasteiger partial charge in [-0.3, -0.25) is 0 Å². The summed E-state index contributed by atoms with van der Waals surface area (Å²) in [6.45, 7) is 1.50. The Morgan fingerprint density at radius 2 is 2.08 bits per heavy atom. The minimum atomic E-state index is -0.517. The monoisotopic (exact) mass is 180 g/mol. The first kappa shape index (κ1) is 8.04. The van der Waals surface area contributed by atoms with Crippen LogP contribution < -0.4 is 0 Å². The molecule has 0 amide bonds. The topological polar surface area (TPSA) is 25.8 Å². The van der Waals surface area contributed by atoms with Gasteiger partial charge in [-0.05, 0) is 18.6 Å². The van der Waals surface area contributed by atoms with E-state index < -0.39 is 11.6 Å². The maximum absolute atomic E-state index is 13.3. The van der Waals surface area contributed by atoms with Crippen molar-refractivity contribution in [1.29, 1.82) is 0 Å². The molecule has 0 bridgehead atoms. The van der Waals surface area contributed by atoms with E-state index in [1.165, 1.54) is 19.4 Å². The minimum absolute atomic E-state index is 0.0260. The molecule has 1 aromatic carbocycles. The van der Waals surface area contributed by atoms with Gasteiger partial charge in [-0.2, -0.15) is 0 Å². The van der Waals surface area contributed by atoms with E-state index in [4.69, 9.17) is 0 Å². The van der Waals surface area contributed by atoms with Crippen molar-refractivity contribution in [2.45, 2.75) is 6.92 Å². The Labute approximate surface area is 73.2 Å². The Morgan fingerprint density at radius 1 is 1.31 bits per heavy atom. The van der Waals surface area contributed by atoms with Crippen molar-refractivity contribution >= 4 is 10.9 Å². The summed E-state index contributed by atoms with van der Waals surface area (Å²) in [7, 11) is 0. The SMILES string of the molecule is Cc1cc(F)c2ncncc2c1F. The Morgan fingerprint density at radius 3 is 2.85 bits per heavy atom. The van der Waals surface area contributed by atoms with E-state index in [0.717, 1.165) is 6.07 Å². The lowest BCUT2D eigenvalue weighted by molar-refractivity contribution is 0.607. The summed E-state index contributed by atoms with van der Waals surface area (Å²) in [5, 5.41) is 0.125. The summed E-state index contributed by atoms with van der Waals surface area (Å²) in [6.07, 6.45) is 2.47. The molecule has 0 saturated carbocycles. The van der Waals surface area contributed by atoms with Crippen LogP contribution in [-0.2, 0) is 0 Å². The second-order valence-corrected chi connectivity index (χ2v) is 2.77. The number of nitrogens with zero attached hydrogens (tertiary/aromatic N) is 2. The number of aromatic nitrogens is 2. The van der Waals surface area contributed by atoms with Gasteiger partial charge in [0.1, 0.15) is 23.5 Å². The van der Waals surface area contributed by atoms with E-state index in [2.05, 4.69) is 9.97 Å². The Hall–Kier alpha value is -1.58. The van der Waals surface area contributed by atoms with Crippen LogP contribution in [0.2, 0.25) is 0 Å². The highest BCUT2D eigenvalue weighted by Crippen LogP contribution is 2.20. The molecule has 0 fully saturated rings. The fourth-order valence-electron chi connectivity index (χ4n) is 1.21. The third kappa shape index (κ3) is 1.14. The van der Waals surface area contributed by atoms with Gasteiger partial charge >= 0.3 is 0 Å². The molecule has 0 saturated heterocycles. The van der Waals surface area contributed by atoms with E-state index in [0.29, 0.717) is 0 Å². The summed E-state index contributed by atoms with van der Waals surface area (Å²) in [5.74, 6) is -0.978. The first-order valence-electron chi connectivity index (χ1n) is 3.74. The number of aryl methyl sites for hydroxylation is 1. The summed E-state index contributed by atoms with van der Waals surface area (Å²) in [4.78, 5) is 7.29. The Kier molecular flexibility index (Phi) is 1.69. The lowest BCUT2D eigenvalue weighted by atomic mass is 10.1. The molecular weight excluding hydrogens is 174 g/mol. The average Bonchev–Trinajstić information content (AvgIpc) is 2.15. The van der Waals surface area contributed by atoms with Gasteiger partial charge in [0.05, 0.1) is 5.39 Å². The van der Waals surface area contributed by atoms with Crippen LogP contribution >= 0.6 is 0 Å². The number of benzene rings is 1. The smallest absolute Gasteiger partial charge is 0.150 e. The number of fused-ring (bicyclic) bond motifs is 1. The largest absolute Gasteiger partial charge is 0.244 e. The minimum Gasteiger partial charge on any atom is -0.244 e. The van der Waals surface area contributed by atoms with E-state index in [9.17, 15) is 8.78 Å². The molecule has 2 nitrogen and oxygen atoms in total. The molecule has 0 atom stereocenters. The number of halogens is 2. The fourth-order valence-corrected chi connectivity index (χ4v) is 1.21. The highest BCUT2D eigenvalue weighted by Gasteiger charge is 2.09.